The van der Waals surface area contributed by atoms with Gasteiger partial charge in [-0.2, -0.15) is 0 Å². The maximum atomic E-state index is 5.98. The Balaban J connectivity index is 2.23. The first kappa shape index (κ1) is 14.8. The topological polar surface area (TPSA) is 41.3 Å². The third-order valence-electron chi connectivity index (χ3n) is 3.18. The van der Waals surface area contributed by atoms with Gasteiger partial charge in [0.25, 0.3) is 0 Å². The molecule has 0 bridgehead atoms. The van der Waals surface area contributed by atoms with E-state index in [1.165, 1.54) is 0 Å². The van der Waals surface area contributed by atoms with E-state index in [-0.39, 0.29) is 6.04 Å². The van der Waals surface area contributed by atoms with Gasteiger partial charge >= 0.3 is 0 Å². The second-order valence-electron chi connectivity index (χ2n) is 4.47. The molecule has 6 heteroatoms. The lowest BCUT2D eigenvalue weighted by molar-refractivity contribution is 0.357. The number of thiocarbonyl (C=S) groups is 1. The lowest BCUT2D eigenvalue weighted by Crippen LogP contribution is -2.36. The van der Waals surface area contributed by atoms with Crippen LogP contribution in [0, 0.1) is 0 Å². The molecular weight excluding hydrogens is 294 g/mol. The zero-order valence-electron chi connectivity index (χ0n) is 11.6. The van der Waals surface area contributed by atoms with Crippen LogP contribution in [0.4, 0.5) is 0 Å². The molecule has 4 nitrogen and oxygen atoms in total. The first-order valence-electron chi connectivity index (χ1n) is 6.20. The van der Waals surface area contributed by atoms with Crippen molar-refractivity contribution in [1.29, 1.82) is 0 Å². The van der Waals surface area contributed by atoms with Crippen LogP contribution in [0.5, 0.6) is 0 Å². The summed E-state index contributed by atoms with van der Waals surface area (Å²) in [7, 11) is 3.71. The van der Waals surface area contributed by atoms with Crippen LogP contribution >= 0.6 is 23.8 Å². The van der Waals surface area contributed by atoms with Crippen molar-refractivity contribution < 1.29 is 4.52 Å². The number of aromatic nitrogens is 1. The Hall–Kier alpha value is -1.59. The number of nitrogens with zero attached hydrogens (tertiary/aromatic N) is 2. The number of halogens is 1. The van der Waals surface area contributed by atoms with E-state index in [0.29, 0.717) is 15.9 Å². The summed E-state index contributed by atoms with van der Waals surface area (Å²) in [4.78, 5) is 1.93. The maximum Gasteiger partial charge on any atom is 0.168 e. The van der Waals surface area contributed by atoms with E-state index in [2.05, 4.69) is 10.5 Å². The Kier molecular flexibility index (Phi) is 4.62. The third-order valence-corrected chi connectivity index (χ3v) is 3.91. The van der Waals surface area contributed by atoms with Crippen LogP contribution in [0.25, 0.3) is 11.3 Å². The van der Waals surface area contributed by atoms with Crippen molar-refractivity contribution in [3.05, 3.63) is 41.0 Å². The molecule has 1 unspecified atom stereocenters. The normalized spacial score (nSPS) is 12.0. The Labute approximate surface area is 128 Å². The van der Waals surface area contributed by atoms with Gasteiger partial charge in [-0.1, -0.05) is 28.9 Å². The predicted octanol–water partition coefficient (Wildman–Crippen LogP) is 3.49. The maximum absolute atomic E-state index is 5.98. The fourth-order valence-electron chi connectivity index (χ4n) is 1.81. The van der Waals surface area contributed by atoms with Gasteiger partial charge in [-0.3, -0.25) is 0 Å². The molecular formula is C14H16ClN3OS. The summed E-state index contributed by atoms with van der Waals surface area (Å²) in [5.74, 6) is 0.693. The Morgan fingerprint density at radius 2 is 2.20 bits per heavy atom. The van der Waals surface area contributed by atoms with Crippen LogP contribution < -0.4 is 5.32 Å². The summed E-state index contributed by atoms with van der Waals surface area (Å²) in [6.45, 7) is 2.02. The molecule has 0 saturated heterocycles. The van der Waals surface area contributed by atoms with E-state index in [1.54, 1.807) is 7.05 Å². The molecule has 0 aliphatic carbocycles. The molecule has 106 valence electrons. The van der Waals surface area contributed by atoms with Crippen molar-refractivity contribution in [3.8, 4) is 11.3 Å². The summed E-state index contributed by atoms with van der Waals surface area (Å²) in [6.07, 6.45) is 0. The Bertz CT molecular complexity index is 614. The van der Waals surface area contributed by atoms with Crippen LogP contribution in [0.1, 0.15) is 18.7 Å². The van der Waals surface area contributed by atoms with Gasteiger partial charge in [-0.05, 0) is 31.3 Å². The predicted molar refractivity (Wildman–Crippen MR) is 84.8 cm³/mol. The van der Waals surface area contributed by atoms with Crippen LogP contribution in [-0.2, 0) is 0 Å². The molecule has 2 aromatic rings. The molecule has 0 aliphatic rings. The largest absolute Gasteiger partial charge is 0.366 e. The fourth-order valence-corrected chi connectivity index (χ4v) is 2.16. The fraction of sp³-hybridized carbons (Fsp3) is 0.286. The molecule has 0 saturated carbocycles. The molecule has 0 fully saturated rings. The van der Waals surface area contributed by atoms with Gasteiger partial charge in [0.1, 0.15) is 5.69 Å². The van der Waals surface area contributed by atoms with Gasteiger partial charge in [-0.25, -0.2) is 0 Å². The molecule has 1 N–H and O–H groups in total. The van der Waals surface area contributed by atoms with Crippen molar-refractivity contribution in [2.75, 3.05) is 14.1 Å². The quantitative estimate of drug-likeness (QED) is 0.879. The van der Waals surface area contributed by atoms with Gasteiger partial charge in [0.2, 0.25) is 0 Å². The minimum Gasteiger partial charge on any atom is -0.366 e. The number of hydrogen-bond donors (Lipinski definition) is 1. The molecule has 0 amide bonds. The lowest BCUT2D eigenvalue weighted by atomic mass is 10.1. The van der Waals surface area contributed by atoms with Crippen LogP contribution in [-0.4, -0.2) is 29.3 Å². The minimum atomic E-state index is 0.0200. The first-order chi connectivity index (χ1) is 9.52. The highest BCUT2D eigenvalue weighted by molar-refractivity contribution is 7.80. The zero-order valence-corrected chi connectivity index (χ0v) is 13.1. The van der Waals surface area contributed by atoms with Crippen LogP contribution in [0.2, 0.25) is 5.02 Å². The van der Waals surface area contributed by atoms with Crippen LogP contribution in [0.15, 0.2) is 34.9 Å². The Morgan fingerprint density at radius 1 is 1.45 bits per heavy atom. The van der Waals surface area contributed by atoms with E-state index in [4.69, 9.17) is 28.3 Å². The first-order valence-corrected chi connectivity index (χ1v) is 6.98. The molecule has 2 rings (SSSR count). The highest BCUT2D eigenvalue weighted by atomic mass is 35.5. The van der Waals surface area contributed by atoms with Gasteiger partial charge in [-0.15, -0.1) is 0 Å². The van der Waals surface area contributed by atoms with Crippen molar-refractivity contribution in [2.24, 2.45) is 0 Å². The van der Waals surface area contributed by atoms with Crippen molar-refractivity contribution in [2.45, 2.75) is 13.0 Å². The smallest absolute Gasteiger partial charge is 0.168 e. The van der Waals surface area contributed by atoms with Gasteiger partial charge in [0.15, 0.2) is 10.9 Å². The van der Waals surface area contributed by atoms with E-state index in [0.717, 1.165) is 11.3 Å². The van der Waals surface area contributed by atoms with Crippen molar-refractivity contribution >= 4 is 28.9 Å². The van der Waals surface area contributed by atoms with E-state index < -0.39 is 0 Å². The van der Waals surface area contributed by atoms with Crippen molar-refractivity contribution in [1.82, 2.24) is 15.4 Å². The summed E-state index contributed by atoms with van der Waals surface area (Å²) >= 11 is 11.2. The molecule has 1 aromatic heterocycles. The summed E-state index contributed by atoms with van der Waals surface area (Å²) < 4.78 is 5.39. The molecule has 1 aromatic carbocycles. The monoisotopic (exact) mass is 309 g/mol. The lowest BCUT2D eigenvalue weighted by Gasteiger charge is -2.24. The average Bonchev–Trinajstić information content (AvgIpc) is 2.94. The molecule has 1 atom stereocenters. The number of hydrogen-bond acceptors (Lipinski definition) is 3. The number of rotatable bonds is 3. The number of nitrogens with one attached hydrogen (secondary N) is 1. The minimum absolute atomic E-state index is 0.0200. The van der Waals surface area contributed by atoms with Gasteiger partial charge in [0.05, 0.1) is 6.04 Å². The van der Waals surface area contributed by atoms with Gasteiger partial charge in [0, 0.05) is 30.7 Å². The summed E-state index contributed by atoms with van der Waals surface area (Å²) in [5, 5.41) is 8.38. The van der Waals surface area contributed by atoms with E-state index in [9.17, 15) is 0 Å². The number of benzene rings is 1. The van der Waals surface area contributed by atoms with Crippen molar-refractivity contribution in [3.63, 3.8) is 0 Å². The third kappa shape index (κ3) is 3.11. The zero-order chi connectivity index (χ0) is 14.7. The second-order valence-corrected chi connectivity index (χ2v) is 5.29. The Morgan fingerprint density at radius 3 is 2.85 bits per heavy atom. The molecule has 0 radical (unpaired) electrons. The molecule has 1 heterocycles. The standard InChI is InChI=1S/C14H16ClN3OS/c1-9(18(3)14(20)16-2)12-8-13(19-17-12)10-5-4-6-11(15)7-10/h4-9H,1-3H3,(H,16,20). The van der Waals surface area contributed by atoms with E-state index in [1.807, 2.05) is 49.2 Å². The van der Waals surface area contributed by atoms with Crippen LogP contribution in [0.3, 0.4) is 0 Å². The highest BCUT2D eigenvalue weighted by Gasteiger charge is 2.18. The second kappa shape index (κ2) is 6.24. The average molecular weight is 310 g/mol. The summed E-state index contributed by atoms with van der Waals surface area (Å²) in [6, 6.07) is 9.41. The highest BCUT2D eigenvalue weighted by Crippen LogP contribution is 2.26. The van der Waals surface area contributed by atoms with Gasteiger partial charge < -0.3 is 14.7 Å². The molecule has 0 aliphatic heterocycles. The molecule has 20 heavy (non-hydrogen) atoms. The van der Waals surface area contributed by atoms with E-state index >= 15 is 0 Å². The summed E-state index contributed by atoms with van der Waals surface area (Å²) in [5.41, 5.74) is 1.72. The SMILES string of the molecule is CNC(=S)N(C)C(C)c1cc(-c2cccc(Cl)c2)on1. The molecule has 0 spiro atoms.